The fourth-order valence-electron chi connectivity index (χ4n) is 1.31. The van der Waals surface area contributed by atoms with Crippen molar-refractivity contribution in [3.63, 3.8) is 0 Å². The Balaban J connectivity index is 2.25. The smallest absolute Gasteiger partial charge is 0.155 e. The second-order valence-electron chi connectivity index (χ2n) is 3.36. The van der Waals surface area contributed by atoms with Crippen molar-refractivity contribution < 1.29 is 0 Å². The molecule has 2 rings (SSSR count). The molecule has 2 N–H and O–H groups in total. The molecule has 0 saturated heterocycles. The van der Waals surface area contributed by atoms with E-state index in [1.807, 2.05) is 24.3 Å². The maximum absolute atomic E-state index is 5.89. The van der Waals surface area contributed by atoms with Crippen molar-refractivity contribution in [1.82, 2.24) is 14.8 Å². The van der Waals surface area contributed by atoms with Crippen molar-refractivity contribution in [3.8, 4) is 5.82 Å². The first-order valence-corrected chi connectivity index (χ1v) is 6.19. The van der Waals surface area contributed by atoms with Gasteiger partial charge in [0.05, 0.1) is 0 Å². The lowest BCUT2D eigenvalue weighted by molar-refractivity contribution is 0.818. The van der Waals surface area contributed by atoms with E-state index in [4.69, 9.17) is 5.73 Å². The molecule has 0 aromatic carbocycles. The summed E-state index contributed by atoms with van der Waals surface area (Å²) in [6, 6.07) is 7.56. The standard InChI is InChI=1S/C11H14N4S/c1-2-7-16-11-8-9(12)15(14-11)10-5-3-4-6-13-10/h3-6,8H,2,7,12H2,1H3. The quantitative estimate of drug-likeness (QED) is 0.825. The highest BCUT2D eigenvalue weighted by molar-refractivity contribution is 7.99. The molecule has 2 aromatic heterocycles. The van der Waals surface area contributed by atoms with Crippen molar-refractivity contribution >= 4 is 17.6 Å². The molecule has 5 heteroatoms. The predicted molar refractivity (Wildman–Crippen MR) is 66.8 cm³/mol. The molecule has 0 unspecified atom stereocenters. The number of hydrogen-bond donors (Lipinski definition) is 1. The fourth-order valence-corrected chi connectivity index (χ4v) is 2.07. The average molecular weight is 234 g/mol. The number of aromatic nitrogens is 3. The Morgan fingerprint density at radius 3 is 3.00 bits per heavy atom. The first-order chi connectivity index (χ1) is 7.81. The summed E-state index contributed by atoms with van der Waals surface area (Å²) in [5.74, 6) is 2.43. The van der Waals surface area contributed by atoms with Crippen LogP contribution in [0.5, 0.6) is 0 Å². The molecular weight excluding hydrogens is 220 g/mol. The van der Waals surface area contributed by atoms with Crippen LogP contribution in [0, 0.1) is 0 Å². The van der Waals surface area contributed by atoms with E-state index in [2.05, 4.69) is 17.0 Å². The first-order valence-electron chi connectivity index (χ1n) is 5.21. The highest BCUT2D eigenvalue weighted by Crippen LogP contribution is 2.21. The highest BCUT2D eigenvalue weighted by atomic mass is 32.2. The zero-order valence-electron chi connectivity index (χ0n) is 9.13. The molecule has 0 bridgehead atoms. The molecule has 0 atom stereocenters. The van der Waals surface area contributed by atoms with Gasteiger partial charge in [0.2, 0.25) is 0 Å². The van der Waals surface area contributed by atoms with Crippen LogP contribution in [0.2, 0.25) is 0 Å². The van der Waals surface area contributed by atoms with Gasteiger partial charge in [-0.3, -0.25) is 0 Å². The number of nitrogen functional groups attached to an aromatic ring is 1. The molecule has 84 valence electrons. The van der Waals surface area contributed by atoms with Gasteiger partial charge < -0.3 is 5.73 Å². The van der Waals surface area contributed by atoms with Crippen LogP contribution in [0.15, 0.2) is 35.5 Å². The van der Waals surface area contributed by atoms with Gasteiger partial charge in [0.15, 0.2) is 5.82 Å². The molecule has 2 heterocycles. The van der Waals surface area contributed by atoms with Gasteiger partial charge in [-0.25, -0.2) is 4.98 Å². The topological polar surface area (TPSA) is 56.7 Å². The molecule has 4 nitrogen and oxygen atoms in total. The fraction of sp³-hybridized carbons (Fsp3) is 0.273. The monoisotopic (exact) mass is 234 g/mol. The van der Waals surface area contributed by atoms with Gasteiger partial charge in [0, 0.05) is 12.3 Å². The van der Waals surface area contributed by atoms with Crippen LogP contribution in [0.1, 0.15) is 13.3 Å². The zero-order valence-corrected chi connectivity index (χ0v) is 9.94. The van der Waals surface area contributed by atoms with E-state index in [1.54, 1.807) is 22.6 Å². The van der Waals surface area contributed by atoms with Gasteiger partial charge in [-0.15, -0.1) is 11.8 Å². The predicted octanol–water partition coefficient (Wildman–Crippen LogP) is 2.35. The van der Waals surface area contributed by atoms with E-state index >= 15 is 0 Å². The Kier molecular flexibility index (Phi) is 3.46. The lowest BCUT2D eigenvalue weighted by Gasteiger charge is -2.00. The van der Waals surface area contributed by atoms with E-state index in [0.717, 1.165) is 23.0 Å². The first kappa shape index (κ1) is 11.0. The number of hydrogen-bond acceptors (Lipinski definition) is 4. The average Bonchev–Trinajstić information content (AvgIpc) is 2.69. The minimum atomic E-state index is 0.623. The van der Waals surface area contributed by atoms with Crippen LogP contribution in [0.25, 0.3) is 5.82 Å². The Morgan fingerprint density at radius 2 is 2.31 bits per heavy atom. The second kappa shape index (κ2) is 5.03. The summed E-state index contributed by atoms with van der Waals surface area (Å²) < 4.78 is 1.66. The van der Waals surface area contributed by atoms with Crippen LogP contribution >= 0.6 is 11.8 Å². The number of pyridine rings is 1. The summed E-state index contributed by atoms with van der Waals surface area (Å²) in [6.07, 6.45) is 2.86. The summed E-state index contributed by atoms with van der Waals surface area (Å²) in [5.41, 5.74) is 5.89. The molecule has 0 amide bonds. The zero-order chi connectivity index (χ0) is 11.4. The van der Waals surface area contributed by atoms with E-state index in [-0.39, 0.29) is 0 Å². The Labute approximate surface area is 98.9 Å². The highest BCUT2D eigenvalue weighted by Gasteiger charge is 2.07. The molecular formula is C11H14N4S. The number of anilines is 1. The van der Waals surface area contributed by atoms with Crippen molar-refractivity contribution in [2.45, 2.75) is 18.4 Å². The number of rotatable bonds is 4. The van der Waals surface area contributed by atoms with Crippen LogP contribution in [0.3, 0.4) is 0 Å². The van der Waals surface area contributed by atoms with E-state index in [0.29, 0.717) is 5.82 Å². The normalized spacial score (nSPS) is 10.6. The van der Waals surface area contributed by atoms with Crippen molar-refractivity contribution in [2.24, 2.45) is 0 Å². The van der Waals surface area contributed by atoms with E-state index < -0.39 is 0 Å². The Hall–Kier alpha value is -1.49. The van der Waals surface area contributed by atoms with Crippen LogP contribution in [-0.4, -0.2) is 20.5 Å². The van der Waals surface area contributed by atoms with Crippen molar-refractivity contribution in [1.29, 1.82) is 0 Å². The van der Waals surface area contributed by atoms with E-state index in [9.17, 15) is 0 Å². The Bertz CT molecular complexity index is 452. The molecule has 0 radical (unpaired) electrons. The maximum atomic E-state index is 5.89. The molecule has 16 heavy (non-hydrogen) atoms. The van der Waals surface area contributed by atoms with Gasteiger partial charge in [-0.2, -0.15) is 9.78 Å². The molecule has 2 aromatic rings. The third-order valence-electron chi connectivity index (χ3n) is 2.03. The van der Waals surface area contributed by atoms with Crippen molar-refractivity contribution in [2.75, 3.05) is 11.5 Å². The van der Waals surface area contributed by atoms with Gasteiger partial charge in [-0.05, 0) is 24.3 Å². The number of nitrogens with two attached hydrogens (primary N) is 1. The third kappa shape index (κ3) is 2.36. The lowest BCUT2D eigenvalue weighted by Crippen LogP contribution is -2.03. The summed E-state index contributed by atoms with van der Waals surface area (Å²) in [6.45, 7) is 2.14. The minimum Gasteiger partial charge on any atom is -0.383 e. The second-order valence-corrected chi connectivity index (χ2v) is 4.47. The van der Waals surface area contributed by atoms with E-state index in [1.165, 1.54) is 0 Å². The molecule has 0 spiro atoms. The molecule has 0 aliphatic heterocycles. The van der Waals surface area contributed by atoms with Gasteiger partial charge in [0.25, 0.3) is 0 Å². The van der Waals surface area contributed by atoms with Gasteiger partial charge in [-0.1, -0.05) is 13.0 Å². The largest absolute Gasteiger partial charge is 0.383 e. The van der Waals surface area contributed by atoms with Crippen LogP contribution in [0.4, 0.5) is 5.82 Å². The minimum absolute atomic E-state index is 0.623. The summed E-state index contributed by atoms with van der Waals surface area (Å²) in [7, 11) is 0. The SMILES string of the molecule is CCCSc1cc(N)n(-c2ccccn2)n1. The molecule has 0 aliphatic rings. The molecule has 0 aliphatic carbocycles. The van der Waals surface area contributed by atoms with Gasteiger partial charge in [0.1, 0.15) is 10.8 Å². The third-order valence-corrected chi connectivity index (χ3v) is 3.14. The van der Waals surface area contributed by atoms with Crippen LogP contribution < -0.4 is 5.73 Å². The van der Waals surface area contributed by atoms with Crippen LogP contribution in [-0.2, 0) is 0 Å². The lowest BCUT2D eigenvalue weighted by atomic mass is 10.5. The van der Waals surface area contributed by atoms with Gasteiger partial charge >= 0.3 is 0 Å². The summed E-state index contributed by atoms with van der Waals surface area (Å²) in [5, 5.41) is 5.36. The molecule has 0 fully saturated rings. The number of nitrogens with zero attached hydrogens (tertiary/aromatic N) is 3. The molecule has 0 saturated carbocycles. The number of thioether (sulfide) groups is 1. The van der Waals surface area contributed by atoms with Crippen molar-refractivity contribution in [3.05, 3.63) is 30.5 Å². The summed E-state index contributed by atoms with van der Waals surface area (Å²) in [4.78, 5) is 4.21. The summed E-state index contributed by atoms with van der Waals surface area (Å²) >= 11 is 1.71. The Morgan fingerprint density at radius 1 is 1.44 bits per heavy atom. The maximum Gasteiger partial charge on any atom is 0.155 e.